The molecule has 4 heteroatoms. The monoisotopic (exact) mass is 269 g/mol. The maximum atomic E-state index is 12.2. The van der Waals surface area contributed by atoms with E-state index in [1.54, 1.807) is 0 Å². The Hall–Kier alpha value is -0.610. The average Bonchev–Trinajstić information content (AvgIpc) is 2.99. The fraction of sp³-hybridized carbons (Fsp3) is 0.933. The second kappa shape index (κ2) is 5.80. The average molecular weight is 269 g/mol. The molecular formula is C15H27NO3. The molecule has 2 saturated heterocycles. The number of rotatable bonds is 6. The van der Waals surface area contributed by atoms with E-state index in [0.717, 1.165) is 38.5 Å². The fourth-order valence-electron chi connectivity index (χ4n) is 3.07. The van der Waals surface area contributed by atoms with E-state index in [4.69, 9.17) is 15.2 Å². The highest BCUT2D eigenvalue weighted by Crippen LogP contribution is 2.39. The highest BCUT2D eigenvalue weighted by atomic mass is 16.6. The first-order chi connectivity index (χ1) is 8.95. The Morgan fingerprint density at radius 1 is 1.47 bits per heavy atom. The summed E-state index contributed by atoms with van der Waals surface area (Å²) in [6.07, 6.45) is 5.71. The van der Waals surface area contributed by atoms with Crippen LogP contribution >= 0.6 is 0 Å². The summed E-state index contributed by atoms with van der Waals surface area (Å²) in [7, 11) is 0. The van der Waals surface area contributed by atoms with E-state index in [1.807, 2.05) is 13.8 Å². The van der Waals surface area contributed by atoms with Crippen LogP contribution in [0.5, 0.6) is 0 Å². The third kappa shape index (κ3) is 3.48. The van der Waals surface area contributed by atoms with Gasteiger partial charge in [-0.05, 0) is 39.0 Å². The summed E-state index contributed by atoms with van der Waals surface area (Å²) in [5.41, 5.74) is 5.91. The lowest BCUT2D eigenvalue weighted by atomic mass is 9.89. The van der Waals surface area contributed by atoms with Crippen LogP contribution in [0.25, 0.3) is 0 Å². The van der Waals surface area contributed by atoms with E-state index >= 15 is 0 Å². The van der Waals surface area contributed by atoms with Crippen LogP contribution in [0.2, 0.25) is 0 Å². The Morgan fingerprint density at radius 2 is 2.21 bits per heavy atom. The molecule has 2 aliphatic heterocycles. The number of hydrogen-bond donors (Lipinski definition) is 1. The van der Waals surface area contributed by atoms with Crippen molar-refractivity contribution in [3.8, 4) is 0 Å². The zero-order chi connectivity index (χ0) is 14.0. The standard InChI is InChI=1S/C15H27NO3/c1-4-10(9-15(3,16)5-2)19-14(17)12-8-11-6-7-13(12)18-11/h10-13H,4-9,16H2,1-3H3. The molecule has 2 fully saturated rings. The van der Waals surface area contributed by atoms with Gasteiger partial charge >= 0.3 is 5.97 Å². The van der Waals surface area contributed by atoms with Gasteiger partial charge in [0.05, 0.1) is 18.1 Å². The van der Waals surface area contributed by atoms with E-state index in [1.165, 1.54) is 0 Å². The Bertz CT molecular complexity index is 329. The molecule has 2 bridgehead atoms. The van der Waals surface area contributed by atoms with Crippen molar-refractivity contribution in [1.29, 1.82) is 0 Å². The fourth-order valence-corrected chi connectivity index (χ4v) is 3.07. The van der Waals surface area contributed by atoms with Gasteiger partial charge in [0.15, 0.2) is 0 Å². The molecule has 4 nitrogen and oxygen atoms in total. The summed E-state index contributed by atoms with van der Waals surface area (Å²) in [6.45, 7) is 6.13. The van der Waals surface area contributed by atoms with E-state index in [9.17, 15) is 4.79 Å². The second-order valence-corrected chi connectivity index (χ2v) is 6.39. The minimum atomic E-state index is -0.258. The van der Waals surface area contributed by atoms with E-state index in [2.05, 4.69) is 6.92 Å². The lowest BCUT2D eigenvalue weighted by molar-refractivity contribution is -0.157. The molecule has 2 heterocycles. The first kappa shape index (κ1) is 14.8. The van der Waals surface area contributed by atoms with Gasteiger partial charge in [0.1, 0.15) is 6.10 Å². The molecule has 0 aliphatic carbocycles. The summed E-state index contributed by atoms with van der Waals surface area (Å²) in [4.78, 5) is 12.2. The molecule has 0 saturated carbocycles. The Balaban J connectivity index is 1.86. The summed E-state index contributed by atoms with van der Waals surface area (Å²) < 4.78 is 11.4. The van der Waals surface area contributed by atoms with E-state index in [-0.39, 0.29) is 35.7 Å². The maximum absolute atomic E-state index is 12.2. The van der Waals surface area contributed by atoms with Gasteiger partial charge < -0.3 is 15.2 Å². The van der Waals surface area contributed by atoms with Crippen molar-refractivity contribution < 1.29 is 14.3 Å². The normalized spacial score (nSPS) is 34.0. The van der Waals surface area contributed by atoms with Gasteiger partial charge in [0.25, 0.3) is 0 Å². The minimum Gasteiger partial charge on any atom is -0.462 e. The lowest BCUT2D eigenvalue weighted by Crippen LogP contribution is -2.41. The zero-order valence-corrected chi connectivity index (χ0v) is 12.4. The van der Waals surface area contributed by atoms with Gasteiger partial charge in [0, 0.05) is 12.0 Å². The lowest BCUT2D eigenvalue weighted by Gasteiger charge is -2.29. The highest BCUT2D eigenvalue weighted by Gasteiger charge is 2.45. The molecule has 0 radical (unpaired) electrons. The van der Waals surface area contributed by atoms with Gasteiger partial charge in [-0.1, -0.05) is 13.8 Å². The number of nitrogens with two attached hydrogens (primary N) is 1. The number of carbonyl (C=O) groups excluding carboxylic acids is 1. The van der Waals surface area contributed by atoms with Crippen LogP contribution in [0, 0.1) is 5.92 Å². The molecule has 110 valence electrons. The third-order valence-electron chi connectivity index (χ3n) is 4.65. The Morgan fingerprint density at radius 3 is 2.68 bits per heavy atom. The summed E-state index contributed by atoms with van der Waals surface area (Å²) in [6, 6.07) is 0. The van der Waals surface area contributed by atoms with Crippen LogP contribution in [0.4, 0.5) is 0 Å². The van der Waals surface area contributed by atoms with Crippen molar-refractivity contribution in [3.63, 3.8) is 0 Å². The molecule has 0 aromatic rings. The number of ether oxygens (including phenoxy) is 2. The van der Waals surface area contributed by atoms with Crippen LogP contribution < -0.4 is 5.73 Å². The molecule has 2 N–H and O–H groups in total. The topological polar surface area (TPSA) is 61.5 Å². The molecule has 5 unspecified atom stereocenters. The third-order valence-corrected chi connectivity index (χ3v) is 4.65. The van der Waals surface area contributed by atoms with Crippen molar-refractivity contribution in [3.05, 3.63) is 0 Å². The summed E-state index contributed by atoms with van der Waals surface area (Å²) in [5, 5.41) is 0. The maximum Gasteiger partial charge on any atom is 0.311 e. The smallest absolute Gasteiger partial charge is 0.311 e. The van der Waals surface area contributed by atoms with E-state index < -0.39 is 0 Å². The minimum absolute atomic E-state index is 0.0431. The van der Waals surface area contributed by atoms with Crippen LogP contribution in [0.3, 0.4) is 0 Å². The quantitative estimate of drug-likeness (QED) is 0.752. The van der Waals surface area contributed by atoms with Crippen molar-refractivity contribution >= 4 is 5.97 Å². The molecule has 19 heavy (non-hydrogen) atoms. The first-order valence-electron chi connectivity index (χ1n) is 7.60. The largest absolute Gasteiger partial charge is 0.462 e. The number of hydrogen-bond acceptors (Lipinski definition) is 4. The predicted octanol–water partition coefficient (Wildman–Crippen LogP) is 2.39. The molecular weight excluding hydrogens is 242 g/mol. The van der Waals surface area contributed by atoms with Crippen LogP contribution in [0.1, 0.15) is 59.3 Å². The Kier molecular flexibility index (Phi) is 4.51. The SMILES string of the molecule is CCC(CC(C)(N)CC)OC(=O)C1CC2CCC1O2. The molecule has 2 rings (SSSR count). The molecule has 2 aliphatic rings. The van der Waals surface area contributed by atoms with Gasteiger partial charge in [-0.3, -0.25) is 4.79 Å². The first-order valence-corrected chi connectivity index (χ1v) is 7.60. The summed E-state index contributed by atoms with van der Waals surface area (Å²) in [5.74, 6) is -0.121. The van der Waals surface area contributed by atoms with Crippen molar-refractivity contribution in [2.45, 2.75) is 83.1 Å². The van der Waals surface area contributed by atoms with Gasteiger partial charge in [-0.15, -0.1) is 0 Å². The molecule has 5 atom stereocenters. The summed E-state index contributed by atoms with van der Waals surface area (Å²) >= 11 is 0. The predicted molar refractivity (Wildman–Crippen MR) is 73.7 cm³/mol. The van der Waals surface area contributed by atoms with E-state index in [0.29, 0.717) is 0 Å². The second-order valence-electron chi connectivity index (χ2n) is 6.39. The van der Waals surface area contributed by atoms with Crippen molar-refractivity contribution in [1.82, 2.24) is 0 Å². The number of esters is 1. The molecule has 0 amide bonds. The van der Waals surface area contributed by atoms with Crippen LogP contribution in [-0.4, -0.2) is 29.8 Å². The van der Waals surface area contributed by atoms with Crippen LogP contribution in [-0.2, 0) is 14.3 Å². The zero-order valence-electron chi connectivity index (χ0n) is 12.4. The van der Waals surface area contributed by atoms with Gasteiger partial charge in [-0.25, -0.2) is 0 Å². The molecule has 0 aromatic carbocycles. The number of carbonyl (C=O) groups is 1. The molecule has 0 spiro atoms. The number of fused-ring (bicyclic) bond motifs is 2. The van der Waals surface area contributed by atoms with Gasteiger partial charge in [-0.2, -0.15) is 0 Å². The Labute approximate surface area is 116 Å². The van der Waals surface area contributed by atoms with Crippen molar-refractivity contribution in [2.24, 2.45) is 11.7 Å². The van der Waals surface area contributed by atoms with Gasteiger partial charge in [0.2, 0.25) is 0 Å². The van der Waals surface area contributed by atoms with Crippen LogP contribution in [0.15, 0.2) is 0 Å². The highest BCUT2D eigenvalue weighted by molar-refractivity contribution is 5.74. The molecule has 0 aromatic heterocycles. The van der Waals surface area contributed by atoms with Crippen molar-refractivity contribution in [2.75, 3.05) is 0 Å².